The lowest BCUT2D eigenvalue weighted by molar-refractivity contribution is -0.303. The Hall–Kier alpha value is -0.930. The molecule has 0 radical (unpaired) electrons. The van der Waals surface area contributed by atoms with Crippen molar-refractivity contribution in [1.29, 1.82) is 0 Å². The Morgan fingerprint density at radius 3 is 1.47 bits per heavy atom. The number of ether oxygens (including phenoxy) is 4. The molecule has 7 N–H and O–H groups in total. The Labute approximate surface area is 366 Å². The SMILES string of the molecule is CCCCCCCCCCCCCC[C@@H](O)[C@@H](O)[C@H](CO[C@H]1O[C@H](CO)[C@H](O)[C@H](O)[C@H]1O)NC(=O)CCCCCCCCCCCCOCCCCCCCCCOCC. The van der Waals surface area contributed by atoms with Gasteiger partial charge < -0.3 is 54.9 Å². The van der Waals surface area contributed by atoms with Crippen LogP contribution in [0.15, 0.2) is 0 Å². The third-order valence-electron chi connectivity index (χ3n) is 12.0. The third-order valence-corrected chi connectivity index (χ3v) is 12.0. The molecule has 1 fully saturated rings. The molecule has 0 aliphatic carbocycles. The minimum absolute atomic E-state index is 0.266. The van der Waals surface area contributed by atoms with Crippen LogP contribution in [0.5, 0.6) is 0 Å². The van der Waals surface area contributed by atoms with Crippen molar-refractivity contribution in [3.05, 3.63) is 0 Å². The van der Waals surface area contributed by atoms with Crippen LogP contribution in [0.3, 0.4) is 0 Å². The van der Waals surface area contributed by atoms with Gasteiger partial charge >= 0.3 is 0 Å². The molecular formula is C48H95NO11. The highest BCUT2D eigenvalue weighted by Gasteiger charge is 2.44. The molecule has 1 saturated heterocycles. The van der Waals surface area contributed by atoms with Gasteiger partial charge in [-0.2, -0.15) is 0 Å². The highest BCUT2D eigenvalue weighted by Crippen LogP contribution is 2.23. The van der Waals surface area contributed by atoms with Crippen LogP contribution in [0, 0.1) is 0 Å². The quantitative estimate of drug-likeness (QED) is 0.0293. The maximum Gasteiger partial charge on any atom is 0.220 e. The molecule has 12 nitrogen and oxygen atoms in total. The van der Waals surface area contributed by atoms with Crippen LogP contribution in [0.4, 0.5) is 0 Å². The zero-order valence-corrected chi connectivity index (χ0v) is 38.5. The molecule has 12 heteroatoms. The Balaban J connectivity index is 2.26. The molecule has 1 amide bonds. The van der Waals surface area contributed by atoms with Gasteiger partial charge in [0.25, 0.3) is 0 Å². The molecule has 0 spiro atoms. The number of amides is 1. The molecule has 1 rings (SSSR count). The van der Waals surface area contributed by atoms with Gasteiger partial charge in [0.05, 0.1) is 25.4 Å². The van der Waals surface area contributed by atoms with Crippen molar-refractivity contribution in [2.24, 2.45) is 0 Å². The van der Waals surface area contributed by atoms with E-state index in [-0.39, 0.29) is 18.9 Å². The van der Waals surface area contributed by atoms with Crippen molar-refractivity contribution in [2.45, 2.75) is 262 Å². The normalized spacial score (nSPS) is 21.0. The standard InChI is InChI=1S/C48H95NO11/c1-3-5-6-7-8-9-10-11-14-18-23-28-33-41(51)44(53)40(39-59-48-47(56)46(55)45(54)42(38-50)60-48)49-43(52)34-29-24-19-15-12-13-16-20-26-31-36-58-37-32-27-22-17-21-25-30-35-57-4-2/h40-42,44-48,50-51,53-56H,3-39H2,1-2H3,(H,49,52)/t40-,41+,42+,44-,45-,46-,47+,48-/m0/s1. The zero-order valence-electron chi connectivity index (χ0n) is 38.5. The van der Waals surface area contributed by atoms with E-state index in [4.69, 9.17) is 18.9 Å². The summed E-state index contributed by atoms with van der Waals surface area (Å²) >= 11 is 0. The van der Waals surface area contributed by atoms with Gasteiger partial charge in [0.15, 0.2) is 6.29 Å². The van der Waals surface area contributed by atoms with E-state index in [0.717, 1.165) is 77.8 Å². The highest BCUT2D eigenvalue weighted by atomic mass is 16.7. The number of aliphatic hydroxyl groups excluding tert-OH is 6. The van der Waals surface area contributed by atoms with E-state index < -0.39 is 55.6 Å². The topological polar surface area (TPSA) is 187 Å². The van der Waals surface area contributed by atoms with Crippen molar-refractivity contribution in [2.75, 3.05) is 39.6 Å². The smallest absolute Gasteiger partial charge is 0.220 e. The Kier molecular flexibility index (Phi) is 38.8. The van der Waals surface area contributed by atoms with Crippen LogP contribution in [-0.4, -0.2) is 125 Å². The summed E-state index contributed by atoms with van der Waals surface area (Å²) in [6.45, 7) is 6.86. The van der Waals surface area contributed by atoms with Crippen molar-refractivity contribution in [3.63, 3.8) is 0 Å². The minimum atomic E-state index is -1.61. The van der Waals surface area contributed by atoms with Crippen molar-refractivity contribution >= 4 is 5.91 Å². The second kappa shape index (κ2) is 40.8. The van der Waals surface area contributed by atoms with E-state index in [1.165, 1.54) is 128 Å². The largest absolute Gasteiger partial charge is 0.394 e. The second-order valence-corrected chi connectivity index (χ2v) is 17.5. The summed E-state index contributed by atoms with van der Waals surface area (Å²) < 4.78 is 22.4. The Morgan fingerprint density at radius 2 is 1.00 bits per heavy atom. The number of rotatable bonds is 44. The van der Waals surface area contributed by atoms with Crippen LogP contribution in [0.1, 0.15) is 213 Å². The first kappa shape index (κ1) is 57.1. The summed E-state index contributed by atoms with van der Waals surface area (Å²) in [5, 5.41) is 65.2. The first-order valence-corrected chi connectivity index (χ1v) is 25.0. The summed E-state index contributed by atoms with van der Waals surface area (Å²) in [5.74, 6) is -0.266. The Morgan fingerprint density at radius 1 is 0.567 bits per heavy atom. The number of hydrogen-bond donors (Lipinski definition) is 7. The first-order valence-electron chi connectivity index (χ1n) is 25.0. The minimum Gasteiger partial charge on any atom is -0.394 e. The fourth-order valence-electron chi connectivity index (χ4n) is 7.98. The molecule has 358 valence electrons. The molecule has 60 heavy (non-hydrogen) atoms. The summed E-state index contributed by atoms with van der Waals surface area (Å²) in [6, 6.07) is -0.995. The summed E-state index contributed by atoms with van der Waals surface area (Å²) in [7, 11) is 0. The fraction of sp³-hybridized carbons (Fsp3) is 0.979. The lowest BCUT2D eigenvalue weighted by atomic mass is 9.98. The lowest BCUT2D eigenvalue weighted by Crippen LogP contribution is -2.60. The van der Waals surface area contributed by atoms with E-state index in [1.54, 1.807) is 0 Å². The number of hydrogen-bond acceptors (Lipinski definition) is 11. The van der Waals surface area contributed by atoms with Crippen LogP contribution in [0.2, 0.25) is 0 Å². The molecule has 0 aromatic heterocycles. The van der Waals surface area contributed by atoms with Crippen molar-refractivity contribution in [1.82, 2.24) is 5.32 Å². The summed E-state index contributed by atoms with van der Waals surface area (Å²) in [6.07, 6.45) is 25.1. The van der Waals surface area contributed by atoms with E-state index in [0.29, 0.717) is 12.8 Å². The van der Waals surface area contributed by atoms with Crippen LogP contribution in [0.25, 0.3) is 0 Å². The van der Waals surface area contributed by atoms with Crippen LogP contribution in [-0.2, 0) is 23.7 Å². The van der Waals surface area contributed by atoms with Gasteiger partial charge in [-0.15, -0.1) is 0 Å². The molecule has 1 aliphatic rings. The fourth-order valence-corrected chi connectivity index (χ4v) is 7.98. The molecule has 0 aromatic carbocycles. The second-order valence-electron chi connectivity index (χ2n) is 17.5. The van der Waals surface area contributed by atoms with E-state index in [2.05, 4.69) is 12.2 Å². The number of aliphatic hydroxyl groups is 6. The molecule has 1 aliphatic heterocycles. The van der Waals surface area contributed by atoms with Crippen molar-refractivity contribution in [3.8, 4) is 0 Å². The van der Waals surface area contributed by atoms with Crippen molar-refractivity contribution < 1.29 is 54.4 Å². The predicted molar refractivity (Wildman–Crippen MR) is 240 cm³/mol. The van der Waals surface area contributed by atoms with Gasteiger partial charge in [-0.25, -0.2) is 0 Å². The van der Waals surface area contributed by atoms with Gasteiger partial charge in [-0.05, 0) is 39.0 Å². The van der Waals surface area contributed by atoms with Gasteiger partial charge in [0.2, 0.25) is 5.91 Å². The van der Waals surface area contributed by atoms with Crippen LogP contribution >= 0.6 is 0 Å². The van der Waals surface area contributed by atoms with E-state index >= 15 is 0 Å². The van der Waals surface area contributed by atoms with E-state index in [1.807, 2.05) is 6.92 Å². The van der Waals surface area contributed by atoms with Gasteiger partial charge in [0.1, 0.15) is 30.5 Å². The molecule has 1 heterocycles. The molecule has 8 atom stereocenters. The van der Waals surface area contributed by atoms with Gasteiger partial charge in [0, 0.05) is 32.8 Å². The number of nitrogens with one attached hydrogen (secondary N) is 1. The molecule has 0 saturated carbocycles. The lowest BCUT2D eigenvalue weighted by Gasteiger charge is -2.40. The average Bonchev–Trinajstić information content (AvgIpc) is 3.25. The average molecular weight is 862 g/mol. The monoisotopic (exact) mass is 862 g/mol. The molecule has 0 bridgehead atoms. The maximum atomic E-state index is 13.0. The summed E-state index contributed by atoms with van der Waals surface area (Å²) in [4.78, 5) is 13.0. The molecule has 0 unspecified atom stereocenters. The number of unbranched alkanes of at least 4 members (excludes halogenated alkanes) is 26. The van der Waals surface area contributed by atoms with Crippen LogP contribution < -0.4 is 5.32 Å². The highest BCUT2D eigenvalue weighted by molar-refractivity contribution is 5.76. The third kappa shape index (κ3) is 30.2. The predicted octanol–water partition coefficient (Wildman–Crippen LogP) is 8.18. The number of carbonyl (C=O) groups is 1. The van der Waals surface area contributed by atoms with E-state index in [9.17, 15) is 35.4 Å². The molecular weight excluding hydrogens is 767 g/mol. The zero-order chi connectivity index (χ0) is 43.9. The first-order chi connectivity index (χ1) is 29.3. The Bertz CT molecular complexity index is 931. The summed E-state index contributed by atoms with van der Waals surface area (Å²) in [5.41, 5.74) is 0. The number of carbonyl (C=O) groups excluding carboxylic acids is 1. The molecule has 0 aromatic rings. The maximum absolute atomic E-state index is 13.0. The van der Waals surface area contributed by atoms with Gasteiger partial charge in [-0.1, -0.05) is 167 Å². The van der Waals surface area contributed by atoms with Gasteiger partial charge in [-0.3, -0.25) is 4.79 Å².